The van der Waals surface area contributed by atoms with Gasteiger partial charge in [-0.1, -0.05) is 30.1 Å². The maximum Gasteiger partial charge on any atom is 0.229 e. The number of nitrogens with two attached hydrogens (primary N) is 1. The number of ether oxygens (including phenoxy) is 1. The van der Waals surface area contributed by atoms with Crippen LogP contribution in [0.3, 0.4) is 0 Å². The molecule has 1 atom stereocenters. The standard InChI is InChI=1S/C18H24N4O3.ClH/c1-12(23)20-15(13-5-7-14(24-2)8-6-13)11-16-21-17(22-25-16)18(19)9-3-4-10-18;/h5-8,15H,3-4,9-11,19H2,1-2H3,(H,20,23);1H. The molecule has 1 aromatic heterocycles. The van der Waals surface area contributed by atoms with E-state index < -0.39 is 5.54 Å². The fourth-order valence-electron chi connectivity index (χ4n) is 3.28. The van der Waals surface area contributed by atoms with Crippen molar-refractivity contribution >= 4 is 18.3 Å². The molecule has 3 N–H and O–H groups in total. The van der Waals surface area contributed by atoms with Crippen LogP contribution < -0.4 is 15.8 Å². The van der Waals surface area contributed by atoms with Gasteiger partial charge in [-0.3, -0.25) is 4.79 Å². The highest BCUT2D eigenvalue weighted by molar-refractivity contribution is 5.85. The Labute approximate surface area is 159 Å². The molecular weight excluding hydrogens is 356 g/mol. The Kier molecular flexibility index (Phi) is 6.61. The van der Waals surface area contributed by atoms with Crippen LogP contribution in [0.25, 0.3) is 0 Å². The normalized spacial score (nSPS) is 16.6. The smallest absolute Gasteiger partial charge is 0.229 e. The van der Waals surface area contributed by atoms with Gasteiger partial charge in [-0.15, -0.1) is 12.4 Å². The van der Waals surface area contributed by atoms with Crippen LogP contribution in [0.2, 0.25) is 0 Å². The number of aromatic nitrogens is 2. The van der Waals surface area contributed by atoms with E-state index in [0.29, 0.717) is 18.1 Å². The molecule has 142 valence electrons. The number of methoxy groups -OCH3 is 1. The fourth-order valence-corrected chi connectivity index (χ4v) is 3.28. The molecule has 1 saturated carbocycles. The summed E-state index contributed by atoms with van der Waals surface area (Å²) in [6.07, 6.45) is 4.33. The third kappa shape index (κ3) is 4.53. The highest BCUT2D eigenvalue weighted by Crippen LogP contribution is 2.34. The van der Waals surface area contributed by atoms with E-state index in [4.69, 9.17) is 15.0 Å². The zero-order valence-electron chi connectivity index (χ0n) is 15.0. The van der Waals surface area contributed by atoms with Crippen molar-refractivity contribution in [2.45, 2.75) is 50.6 Å². The summed E-state index contributed by atoms with van der Waals surface area (Å²) < 4.78 is 10.6. The van der Waals surface area contributed by atoms with Crippen LogP contribution in [0.1, 0.15) is 55.9 Å². The molecule has 2 aromatic rings. The van der Waals surface area contributed by atoms with Crippen LogP contribution in [0.4, 0.5) is 0 Å². The third-order valence-electron chi connectivity index (χ3n) is 4.68. The predicted octanol–water partition coefficient (Wildman–Crippen LogP) is 2.65. The molecular formula is C18H25ClN4O3. The van der Waals surface area contributed by atoms with Crippen molar-refractivity contribution < 1.29 is 14.1 Å². The van der Waals surface area contributed by atoms with Gasteiger partial charge in [0.25, 0.3) is 0 Å². The molecule has 0 radical (unpaired) electrons. The fraction of sp³-hybridized carbons (Fsp3) is 0.500. The molecule has 1 aromatic carbocycles. The number of nitrogens with zero attached hydrogens (tertiary/aromatic N) is 2. The molecule has 3 rings (SSSR count). The third-order valence-corrected chi connectivity index (χ3v) is 4.68. The second-order valence-corrected chi connectivity index (χ2v) is 6.61. The van der Waals surface area contributed by atoms with Gasteiger partial charge in [0, 0.05) is 6.92 Å². The molecule has 0 aliphatic heterocycles. The minimum Gasteiger partial charge on any atom is -0.497 e. The van der Waals surface area contributed by atoms with Crippen LogP contribution in [-0.2, 0) is 16.8 Å². The van der Waals surface area contributed by atoms with Crippen LogP contribution >= 0.6 is 12.4 Å². The Morgan fingerprint density at radius 1 is 1.35 bits per heavy atom. The van der Waals surface area contributed by atoms with E-state index in [9.17, 15) is 4.79 Å². The molecule has 1 amide bonds. The van der Waals surface area contributed by atoms with Crippen molar-refractivity contribution in [2.24, 2.45) is 5.73 Å². The van der Waals surface area contributed by atoms with Gasteiger partial charge in [0.2, 0.25) is 11.8 Å². The second-order valence-electron chi connectivity index (χ2n) is 6.61. The van der Waals surface area contributed by atoms with Gasteiger partial charge in [0.15, 0.2) is 5.82 Å². The first-order valence-electron chi connectivity index (χ1n) is 8.53. The number of nitrogens with one attached hydrogen (secondary N) is 1. The summed E-state index contributed by atoms with van der Waals surface area (Å²) in [6.45, 7) is 1.49. The zero-order valence-corrected chi connectivity index (χ0v) is 15.8. The molecule has 26 heavy (non-hydrogen) atoms. The summed E-state index contributed by atoms with van der Waals surface area (Å²) in [5, 5.41) is 7.01. The molecule has 1 unspecified atom stereocenters. The summed E-state index contributed by atoms with van der Waals surface area (Å²) in [4.78, 5) is 16.1. The summed E-state index contributed by atoms with van der Waals surface area (Å²) in [5.74, 6) is 1.68. The molecule has 0 saturated heterocycles. The average Bonchev–Trinajstić information content (AvgIpc) is 3.24. The molecule has 1 aliphatic carbocycles. The Balaban J connectivity index is 0.00000243. The lowest BCUT2D eigenvalue weighted by atomic mass is 9.98. The number of rotatable bonds is 6. The predicted molar refractivity (Wildman–Crippen MR) is 99.1 cm³/mol. The lowest BCUT2D eigenvalue weighted by Crippen LogP contribution is -2.34. The lowest BCUT2D eigenvalue weighted by molar-refractivity contribution is -0.119. The van der Waals surface area contributed by atoms with Crippen molar-refractivity contribution in [3.8, 4) is 5.75 Å². The van der Waals surface area contributed by atoms with E-state index in [1.165, 1.54) is 6.92 Å². The number of amides is 1. The maximum atomic E-state index is 11.6. The van der Waals surface area contributed by atoms with Gasteiger partial charge in [-0.2, -0.15) is 4.98 Å². The highest BCUT2D eigenvalue weighted by atomic mass is 35.5. The quantitative estimate of drug-likeness (QED) is 0.798. The van der Waals surface area contributed by atoms with E-state index in [1.807, 2.05) is 24.3 Å². The van der Waals surface area contributed by atoms with E-state index in [-0.39, 0.29) is 24.4 Å². The number of carbonyl (C=O) groups excluding carboxylic acids is 1. The van der Waals surface area contributed by atoms with E-state index in [0.717, 1.165) is 37.0 Å². The molecule has 8 heteroatoms. The second kappa shape index (κ2) is 8.51. The molecule has 7 nitrogen and oxygen atoms in total. The van der Waals surface area contributed by atoms with Gasteiger partial charge >= 0.3 is 0 Å². The van der Waals surface area contributed by atoms with E-state index in [2.05, 4.69) is 15.5 Å². The van der Waals surface area contributed by atoms with Crippen LogP contribution in [0.15, 0.2) is 28.8 Å². The van der Waals surface area contributed by atoms with E-state index >= 15 is 0 Å². The van der Waals surface area contributed by atoms with Gasteiger partial charge in [-0.25, -0.2) is 0 Å². The molecule has 1 aliphatic rings. The Morgan fingerprint density at radius 2 is 2.00 bits per heavy atom. The Hall–Kier alpha value is -2.12. The number of hydrogen-bond acceptors (Lipinski definition) is 6. The van der Waals surface area contributed by atoms with Gasteiger partial charge < -0.3 is 20.3 Å². The number of benzene rings is 1. The maximum absolute atomic E-state index is 11.6. The first-order valence-corrected chi connectivity index (χ1v) is 8.53. The lowest BCUT2D eigenvalue weighted by Gasteiger charge is -2.18. The number of hydrogen-bond donors (Lipinski definition) is 2. The molecule has 1 heterocycles. The van der Waals surface area contributed by atoms with Crippen LogP contribution in [-0.4, -0.2) is 23.2 Å². The first-order chi connectivity index (χ1) is 12.0. The number of halogens is 1. The zero-order chi connectivity index (χ0) is 17.9. The summed E-state index contributed by atoms with van der Waals surface area (Å²) in [6, 6.07) is 7.29. The summed E-state index contributed by atoms with van der Waals surface area (Å²) >= 11 is 0. The van der Waals surface area contributed by atoms with Crippen molar-refractivity contribution in [1.82, 2.24) is 15.5 Å². The summed E-state index contributed by atoms with van der Waals surface area (Å²) in [5.41, 5.74) is 6.84. The molecule has 1 fully saturated rings. The van der Waals surface area contributed by atoms with Crippen molar-refractivity contribution in [1.29, 1.82) is 0 Å². The van der Waals surface area contributed by atoms with Crippen LogP contribution in [0, 0.1) is 0 Å². The summed E-state index contributed by atoms with van der Waals surface area (Å²) in [7, 11) is 1.62. The first kappa shape index (κ1) is 20.2. The van der Waals surface area contributed by atoms with Gasteiger partial charge in [0.1, 0.15) is 5.75 Å². The average molecular weight is 381 g/mol. The number of carbonyl (C=O) groups is 1. The van der Waals surface area contributed by atoms with Crippen LogP contribution in [0.5, 0.6) is 5.75 Å². The SMILES string of the molecule is COc1ccc(C(Cc2nc(C3(N)CCCC3)no2)NC(C)=O)cc1.Cl. The molecule has 0 spiro atoms. The van der Waals surface area contributed by atoms with Crippen molar-refractivity contribution in [2.75, 3.05) is 7.11 Å². The Bertz CT molecular complexity index is 726. The largest absolute Gasteiger partial charge is 0.497 e. The minimum absolute atomic E-state index is 0. The molecule has 0 bridgehead atoms. The monoisotopic (exact) mass is 380 g/mol. The minimum atomic E-state index is -0.481. The van der Waals surface area contributed by atoms with Gasteiger partial charge in [0.05, 0.1) is 25.1 Å². The van der Waals surface area contributed by atoms with E-state index in [1.54, 1.807) is 7.11 Å². The van der Waals surface area contributed by atoms with Crippen molar-refractivity contribution in [3.63, 3.8) is 0 Å². The van der Waals surface area contributed by atoms with Gasteiger partial charge in [-0.05, 0) is 30.5 Å². The highest BCUT2D eigenvalue weighted by Gasteiger charge is 2.36. The van der Waals surface area contributed by atoms with Crippen molar-refractivity contribution in [3.05, 3.63) is 41.5 Å². The Morgan fingerprint density at radius 3 is 2.58 bits per heavy atom. The topological polar surface area (TPSA) is 103 Å².